The Morgan fingerprint density at radius 2 is 1.88 bits per heavy atom. The number of ether oxygens (including phenoxy) is 1. The molecule has 5 heteroatoms. The number of hydrogen-bond donors (Lipinski definition) is 0. The van der Waals surface area contributed by atoms with E-state index < -0.39 is 0 Å². The summed E-state index contributed by atoms with van der Waals surface area (Å²) in [7, 11) is 1.65. The third-order valence-corrected chi connectivity index (χ3v) is 4.84. The van der Waals surface area contributed by atoms with Gasteiger partial charge in [-0.1, -0.05) is 38.8 Å². The first-order valence-corrected chi connectivity index (χ1v) is 9.41. The van der Waals surface area contributed by atoms with Gasteiger partial charge in [-0.25, -0.2) is 0 Å². The Bertz CT molecular complexity index is 608. The second kappa shape index (κ2) is 9.52. The molecule has 24 heavy (non-hydrogen) atoms. The van der Waals surface area contributed by atoms with Gasteiger partial charge in [0.1, 0.15) is 5.75 Å². The Morgan fingerprint density at radius 1 is 1.17 bits per heavy atom. The number of benzene rings is 1. The number of nitrogens with zero attached hydrogens (tertiary/aromatic N) is 2. The number of unbranched alkanes of at least 4 members (excludes halogenated alkanes) is 2. The van der Waals surface area contributed by atoms with E-state index in [4.69, 9.17) is 4.74 Å². The molecule has 0 radical (unpaired) electrons. The maximum absolute atomic E-state index is 12.7. The fraction of sp³-hybridized carbons (Fsp3) is 0.474. The molecule has 1 aromatic rings. The Morgan fingerprint density at radius 3 is 2.50 bits per heavy atom. The molecule has 0 aromatic heterocycles. The number of thioether (sulfide) groups is 1. The molecule has 1 aliphatic heterocycles. The maximum Gasteiger partial charge on any atom is 0.266 e. The van der Waals surface area contributed by atoms with Crippen molar-refractivity contribution in [3.63, 3.8) is 0 Å². The number of carbonyl (C=O) groups excluding carboxylic acids is 1. The van der Waals surface area contributed by atoms with Crippen molar-refractivity contribution in [3.8, 4) is 5.75 Å². The third-order valence-electron chi connectivity index (χ3n) is 3.80. The number of methoxy groups -OCH3 is 1. The molecule has 0 aliphatic carbocycles. The van der Waals surface area contributed by atoms with Crippen LogP contribution >= 0.6 is 11.8 Å². The summed E-state index contributed by atoms with van der Waals surface area (Å²) in [5.41, 5.74) is 0.997. The maximum atomic E-state index is 12.7. The van der Waals surface area contributed by atoms with Crippen molar-refractivity contribution in [1.82, 2.24) is 4.90 Å². The van der Waals surface area contributed by atoms with Crippen LogP contribution in [-0.2, 0) is 4.79 Å². The molecule has 0 N–H and O–H groups in total. The van der Waals surface area contributed by atoms with Gasteiger partial charge in [-0.2, -0.15) is 0 Å². The van der Waals surface area contributed by atoms with Gasteiger partial charge in [0.05, 0.1) is 12.0 Å². The zero-order chi connectivity index (χ0) is 17.4. The van der Waals surface area contributed by atoms with Gasteiger partial charge in [0, 0.05) is 13.1 Å². The van der Waals surface area contributed by atoms with Gasteiger partial charge < -0.3 is 4.74 Å². The molecule has 1 fully saturated rings. The van der Waals surface area contributed by atoms with Crippen molar-refractivity contribution < 1.29 is 9.53 Å². The van der Waals surface area contributed by atoms with Crippen LogP contribution in [0.1, 0.15) is 45.1 Å². The van der Waals surface area contributed by atoms with Crippen LogP contribution in [-0.4, -0.2) is 36.2 Å². The number of carbonyl (C=O) groups is 1. The van der Waals surface area contributed by atoms with Gasteiger partial charge in [0.25, 0.3) is 5.91 Å². The van der Waals surface area contributed by atoms with Gasteiger partial charge in [-0.05, 0) is 48.4 Å². The van der Waals surface area contributed by atoms with Crippen LogP contribution < -0.4 is 4.74 Å². The lowest BCUT2D eigenvalue weighted by atomic mass is 10.2. The molecule has 0 atom stereocenters. The van der Waals surface area contributed by atoms with Gasteiger partial charge in [0.2, 0.25) is 0 Å². The molecule has 1 saturated heterocycles. The minimum Gasteiger partial charge on any atom is -0.497 e. The quantitative estimate of drug-likeness (QED) is 0.511. The molecule has 130 valence electrons. The smallest absolute Gasteiger partial charge is 0.266 e. The minimum atomic E-state index is 0.0690. The average molecular weight is 346 g/mol. The number of rotatable bonds is 8. The van der Waals surface area contributed by atoms with Crippen LogP contribution in [0.2, 0.25) is 0 Å². The number of aliphatic imine (C=N–C) groups is 1. The van der Waals surface area contributed by atoms with Crippen LogP contribution in [0.3, 0.4) is 0 Å². The fourth-order valence-corrected chi connectivity index (χ4v) is 3.35. The van der Waals surface area contributed by atoms with E-state index >= 15 is 0 Å². The van der Waals surface area contributed by atoms with Crippen LogP contribution in [0, 0.1) is 0 Å². The molecule has 0 spiro atoms. The van der Waals surface area contributed by atoms with E-state index in [1.165, 1.54) is 11.8 Å². The first kappa shape index (κ1) is 18.6. The molecule has 1 heterocycles. The number of hydrogen-bond acceptors (Lipinski definition) is 4. The standard InChI is InChI=1S/C19H26N2O2S/c1-4-6-12-20-19-21(13-7-5-2)18(22)17(24-19)14-15-8-10-16(23-3)11-9-15/h8-11,14H,4-7,12-13H2,1-3H3. The molecule has 0 bridgehead atoms. The van der Waals surface area contributed by atoms with Crippen LogP contribution in [0.25, 0.3) is 6.08 Å². The van der Waals surface area contributed by atoms with E-state index in [2.05, 4.69) is 18.8 Å². The van der Waals surface area contributed by atoms with Gasteiger partial charge in [-0.15, -0.1) is 0 Å². The zero-order valence-electron chi connectivity index (χ0n) is 14.7. The summed E-state index contributed by atoms with van der Waals surface area (Å²) in [6, 6.07) is 7.73. The highest BCUT2D eigenvalue weighted by Crippen LogP contribution is 2.33. The highest BCUT2D eigenvalue weighted by Gasteiger charge is 2.32. The van der Waals surface area contributed by atoms with Crippen molar-refractivity contribution in [2.75, 3.05) is 20.2 Å². The second-order valence-corrected chi connectivity index (χ2v) is 6.72. The lowest BCUT2D eigenvalue weighted by Gasteiger charge is -2.14. The summed E-state index contributed by atoms with van der Waals surface area (Å²) in [6.07, 6.45) is 6.16. The summed E-state index contributed by atoms with van der Waals surface area (Å²) in [5.74, 6) is 0.883. The molecular formula is C19H26N2O2S. The Kier molecular flexibility index (Phi) is 7.37. The fourth-order valence-electron chi connectivity index (χ4n) is 2.32. The SMILES string of the molecule is CCCCN=C1SC(=Cc2ccc(OC)cc2)C(=O)N1CCCC. The van der Waals surface area contributed by atoms with Crippen LogP contribution in [0.5, 0.6) is 5.75 Å². The molecule has 1 aromatic carbocycles. The van der Waals surface area contributed by atoms with Gasteiger partial charge >= 0.3 is 0 Å². The third kappa shape index (κ3) is 4.87. The highest BCUT2D eigenvalue weighted by molar-refractivity contribution is 8.18. The summed E-state index contributed by atoms with van der Waals surface area (Å²) >= 11 is 1.49. The van der Waals surface area contributed by atoms with E-state index in [9.17, 15) is 4.79 Å². The predicted molar refractivity (Wildman–Crippen MR) is 102 cm³/mol. The Labute approximate surface area is 149 Å². The van der Waals surface area contributed by atoms with Crippen LogP contribution in [0.4, 0.5) is 0 Å². The molecule has 2 rings (SSSR count). The Balaban J connectivity index is 2.18. The van der Waals surface area contributed by atoms with Crippen LogP contribution in [0.15, 0.2) is 34.2 Å². The van der Waals surface area contributed by atoms with Gasteiger partial charge in [0.15, 0.2) is 5.17 Å². The highest BCUT2D eigenvalue weighted by atomic mass is 32.2. The Hall–Kier alpha value is -1.75. The monoisotopic (exact) mass is 346 g/mol. The number of amides is 1. The van der Waals surface area contributed by atoms with Crippen molar-refractivity contribution in [1.29, 1.82) is 0 Å². The second-order valence-electron chi connectivity index (χ2n) is 5.71. The molecular weight excluding hydrogens is 320 g/mol. The molecule has 1 aliphatic rings. The predicted octanol–water partition coefficient (Wildman–Crippen LogP) is 4.57. The molecule has 0 saturated carbocycles. The summed E-state index contributed by atoms with van der Waals surface area (Å²) in [5, 5.41) is 0.849. The zero-order valence-corrected chi connectivity index (χ0v) is 15.6. The topological polar surface area (TPSA) is 41.9 Å². The normalized spacial score (nSPS) is 18.0. The summed E-state index contributed by atoms with van der Waals surface area (Å²) < 4.78 is 5.17. The van der Waals surface area contributed by atoms with E-state index in [1.54, 1.807) is 7.11 Å². The first-order chi connectivity index (χ1) is 11.7. The molecule has 1 amide bonds. The van der Waals surface area contributed by atoms with E-state index in [-0.39, 0.29) is 5.91 Å². The first-order valence-electron chi connectivity index (χ1n) is 8.59. The minimum absolute atomic E-state index is 0.0690. The molecule has 0 unspecified atom stereocenters. The van der Waals surface area contributed by atoms with Gasteiger partial charge in [-0.3, -0.25) is 14.7 Å². The lowest BCUT2D eigenvalue weighted by Crippen LogP contribution is -2.30. The summed E-state index contributed by atoms with van der Waals surface area (Å²) in [6.45, 7) is 5.81. The number of amidine groups is 1. The van der Waals surface area contributed by atoms with Crippen molar-refractivity contribution in [2.24, 2.45) is 4.99 Å². The van der Waals surface area contributed by atoms with E-state index in [0.29, 0.717) is 0 Å². The lowest BCUT2D eigenvalue weighted by molar-refractivity contribution is -0.122. The summed E-state index contributed by atoms with van der Waals surface area (Å²) in [4.78, 5) is 19.9. The largest absolute Gasteiger partial charge is 0.497 e. The molecule has 4 nitrogen and oxygen atoms in total. The van der Waals surface area contributed by atoms with Crippen molar-refractivity contribution in [2.45, 2.75) is 39.5 Å². The van der Waals surface area contributed by atoms with Crippen molar-refractivity contribution >= 4 is 28.9 Å². The van der Waals surface area contributed by atoms with E-state index in [0.717, 1.165) is 60.2 Å². The van der Waals surface area contributed by atoms with Crippen molar-refractivity contribution in [3.05, 3.63) is 34.7 Å². The average Bonchev–Trinajstić information content (AvgIpc) is 2.89. The van der Waals surface area contributed by atoms with E-state index in [1.807, 2.05) is 35.2 Å².